The molecule has 0 N–H and O–H groups in total. The number of hydrogen-bond donors (Lipinski definition) is 0. The van der Waals surface area contributed by atoms with Crippen molar-refractivity contribution in [3.05, 3.63) is 17.7 Å². The van der Waals surface area contributed by atoms with Crippen LogP contribution in [0.5, 0.6) is 0 Å². The third-order valence-electron chi connectivity index (χ3n) is 3.56. The lowest BCUT2D eigenvalue weighted by Crippen LogP contribution is -2.12. The van der Waals surface area contributed by atoms with Crippen LogP contribution in [0.1, 0.15) is 55.3 Å². The van der Waals surface area contributed by atoms with Crippen LogP contribution in [0.2, 0.25) is 0 Å². The molecular weight excluding hydrogens is 204 g/mol. The molecule has 0 amide bonds. The summed E-state index contributed by atoms with van der Waals surface area (Å²) in [5.74, 6) is 3.32. The topological polar surface area (TPSA) is 17.8 Å². The Morgan fingerprint density at radius 2 is 2.33 bits per heavy atom. The molecule has 1 aromatic rings. The monoisotopic (exact) mass is 222 g/mol. The molecule has 82 valence electrons. The van der Waals surface area contributed by atoms with Gasteiger partial charge >= 0.3 is 0 Å². The highest BCUT2D eigenvalue weighted by Crippen LogP contribution is 2.40. The van der Waals surface area contributed by atoms with Gasteiger partial charge in [0.1, 0.15) is 5.82 Å². The van der Waals surface area contributed by atoms with Crippen LogP contribution >= 0.6 is 11.8 Å². The van der Waals surface area contributed by atoms with Crippen molar-refractivity contribution in [1.29, 1.82) is 0 Å². The van der Waals surface area contributed by atoms with Gasteiger partial charge in [0.15, 0.2) is 0 Å². The zero-order valence-corrected chi connectivity index (χ0v) is 10.1. The van der Waals surface area contributed by atoms with Crippen LogP contribution < -0.4 is 0 Å². The SMILES string of the molecule is CC1CCCn2cc(C3CCCS3)nc21. The molecule has 1 saturated heterocycles. The van der Waals surface area contributed by atoms with E-state index in [2.05, 4.69) is 29.4 Å². The van der Waals surface area contributed by atoms with Crippen molar-refractivity contribution in [2.24, 2.45) is 0 Å². The van der Waals surface area contributed by atoms with Gasteiger partial charge in [0.2, 0.25) is 0 Å². The number of nitrogens with zero attached hydrogens (tertiary/aromatic N) is 2. The lowest BCUT2D eigenvalue weighted by Gasteiger charge is -2.19. The average molecular weight is 222 g/mol. The average Bonchev–Trinajstić information content (AvgIpc) is 2.86. The van der Waals surface area contributed by atoms with Crippen molar-refractivity contribution >= 4 is 11.8 Å². The van der Waals surface area contributed by atoms with Crippen molar-refractivity contribution in [2.45, 2.75) is 50.3 Å². The van der Waals surface area contributed by atoms with E-state index in [1.165, 1.54) is 49.5 Å². The third kappa shape index (κ3) is 1.71. The highest BCUT2D eigenvalue weighted by Gasteiger charge is 2.24. The van der Waals surface area contributed by atoms with Gasteiger partial charge in [-0.25, -0.2) is 4.98 Å². The second-order valence-corrected chi connectivity index (χ2v) is 6.07. The fourth-order valence-corrected chi connectivity index (χ4v) is 3.92. The zero-order chi connectivity index (χ0) is 10.3. The summed E-state index contributed by atoms with van der Waals surface area (Å²) in [7, 11) is 0. The van der Waals surface area contributed by atoms with Crippen LogP contribution in [0.3, 0.4) is 0 Å². The molecule has 0 spiro atoms. The van der Waals surface area contributed by atoms with Gasteiger partial charge in [0, 0.05) is 23.9 Å². The first-order valence-electron chi connectivity index (χ1n) is 6.03. The molecule has 3 heterocycles. The van der Waals surface area contributed by atoms with Crippen LogP contribution in [-0.2, 0) is 6.54 Å². The lowest BCUT2D eigenvalue weighted by molar-refractivity contribution is 0.463. The van der Waals surface area contributed by atoms with Crippen molar-refractivity contribution in [3.8, 4) is 0 Å². The first-order valence-corrected chi connectivity index (χ1v) is 7.08. The van der Waals surface area contributed by atoms with E-state index in [-0.39, 0.29) is 0 Å². The fraction of sp³-hybridized carbons (Fsp3) is 0.750. The predicted octanol–water partition coefficient (Wildman–Crippen LogP) is 3.35. The molecule has 0 aromatic carbocycles. The van der Waals surface area contributed by atoms with Crippen molar-refractivity contribution < 1.29 is 0 Å². The summed E-state index contributed by atoms with van der Waals surface area (Å²) >= 11 is 2.08. The first kappa shape index (κ1) is 9.76. The number of imidazole rings is 1. The summed E-state index contributed by atoms with van der Waals surface area (Å²) < 4.78 is 2.39. The van der Waals surface area contributed by atoms with Crippen LogP contribution in [0.4, 0.5) is 0 Å². The number of aryl methyl sites for hydroxylation is 1. The van der Waals surface area contributed by atoms with Gasteiger partial charge in [-0.05, 0) is 31.4 Å². The minimum Gasteiger partial charge on any atom is -0.334 e. The minimum atomic E-state index is 0.666. The second kappa shape index (κ2) is 3.85. The Bertz CT molecular complexity index is 353. The minimum absolute atomic E-state index is 0.666. The molecule has 1 fully saturated rings. The summed E-state index contributed by atoms with van der Waals surface area (Å²) in [6.07, 6.45) is 7.65. The first-order chi connectivity index (χ1) is 7.34. The Morgan fingerprint density at radius 3 is 3.07 bits per heavy atom. The normalized spacial score (nSPS) is 30.5. The summed E-state index contributed by atoms with van der Waals surface area (Å²) in [6.45, 7) is 3.49. The van der Waals surface area contributed by atoms with Crippen LogP contribution in [0, 0.1) is 0 Å². The smallest absolute Gasteiger partial charge is 0.111 e. The summed E-state index contributed by atoms with van der Waals surface area (Å²) in [4.78, 5) is 4.86. The Hall–Kier alpha value is -0.440. The molecule has 3 heteroatoms. The van der Waals surface area contributed by atoms with Gasteiger partial charge in [-0.1, -0.05) is 6.92 Å². The Kier molecular flexibility index (Phi) is 2.51. The number of thioether (sulfide) groups is 1. The molecule has 0 radical (unpaired) electrons. The number of aromatic nitrogens is 2. The Balaban J connectivity index is 1.90. The standard InChI is InChI=1S/C12H18N2S/c1-9-4-2-6-14-8-10(13-12(9)14)11-5-3-7-15-11/h8-9,11H,2-7H2,1H3. The largest absolute Gasteiger partial charge is 0.334 e. The molecular formula is C12H18N2S. The molecule has 0 bridgehead atoms. The summed E-state index contributed by atoms with van der Waals surface area (Å²) in [6, 6.07) is 0. The maximum absolute atomic E-state index is 4.86. The van der Waals surface area contributed by atoms with E-state index < -0.39 is 0 Å². The van der Waals surface area contributed by atoms with E-state index in [1.807, 2.05) is 0 Å². The maximum Gasteiger partial charge on any atom is 0.111 e. The number of hydrogen-bond acceptors (Lipinski definition) is 2. The molecule has 3 rings (SSSR count). The molecule has 2 aliphatic heterocycles. The van der Waals surface area contributed by atoms with Gasteiger partial charge in [-0.3, -0.25) is 0 Å². The van der Waals surface area contributed by atoms with Crippen LogP contribution in [-0.4, -0.2) is 15.3 Å². The zero-order valence-electron chi connectivity index (χ0n) is 9.28. The number of fused-ring (bicyclic) bond motifs is 1. The Labute approximate surface area is 95.5 Å². The van der Waals surface area contributed by atoms with E-state index in [9.17, 15) is 0 Å². The van der Waals surface area contributed by atoms with Crippen molar-refractivity contribution in [1.82, 2.24) is 9.55 Å². The number of rotatable bonds is 1. The van der Waals surface area contributed by atoms with E-state index in [1.54, 1.807) is 0 Å². The quantitative estimate of drug-likeness (QED) is 0.725. The van der Waals surface area contributed by atoms with E-state index in [0.717, 1.165) is 0 Å². The molecule has 2 atom stereocenters. The van der Waals surface area contributed by atoms with Crippen molar-refractivity contribution in [3.63, 3.8) is 0 Å². The van der Waals surface area contributed by atoms with E-state index in [0.29, 0.717) is 11.2 Å². The molecule has 0 saturated carbocycles. The van der Waals surface area contributed by atoms with Crippen LogP contribution in [0.25, 0.3) is 0 Å². The van der Waals surface area contributed by atoms with Gasteiger partial charge in [0.05, 0.1) is 5.69 Å². The Morgan fingerprint density at radius 1 is 1.40 bits per heavy atom. The lowest BCUT2D eigenvalue weighted by atomic mass is 10.0. The molecule has 2 aliphatic rings. The highest BCUT2D eigenvalue weighted by atomic mass is 32.2. The van der Waals surface area contributed by atoms with Crippen LogP contribution in [0.15, 0.2) is 6.20 Å². The van der Waals surface area contributed by atoms with E-state index in [4.69, 9.17) is 4.98 Å². The molecule has 2 nitrogen and oxygen atoms in total. The van der Waals surface area contributed by atoms with Gasteiger partial charge < -0.3 is 4.57 Å². The van der Waals surface area contributed by atoms with Crippen molar-refractivity contribution in [2.75, 3.05) is 5.75 Å². The van der Waals surface area contributed by atoms with Gasteiger partial charge in [-0.15, -0.1) is 0 Å². The third-order valence-corrected chi connectivity index (χ3v) is 4.97. The maximum atomic E-state index is 4.86. The summed E-state index contributed by atoms with van der Waals surface area (Å²) in [5.41, 5.74) is 1.35. The molecule has 0 aliphatic carbocycles. The molecule has 1 aromatic heterocycles. The predicted molar refractivity (Wildman–Crippen MR) is 64.3 cm³/mol. The molecule has 2 unspecified atom stereocenters. The van der Waals surface area contributed by atoms with E-state index >= 15 is 0 Å². The summed E-state index contributed by atoms with van der Waals surface area (Å²) in [5, 5.41) is 0.690. The second-order valence-electron chi connectivity index (χ2n) is 4.76. The van der Waals surface area contributed by atoms with Gasteiger partial charge in [0.25, 0.3) is 0 Å². The molecule has 15 heavy (non-hydrogen) atoms. The highest BCUT2D eigenvalue weighted by molar-refractivity contribution is 7.99. The van der Waals surface area contributed by atoms with Gasteiger partial charge in [-0.2, -0.15) is 11.8 Å². The fourth-order valence-electron chi connectivity index (χ4n) is 2.69.